The van der Waals surface area contributed by atoms with Gasteiger partial charge in [0.2, 0.25) is 5.75 Å². The van der Waals surface area contributed by atoms with E-state index in [0.29, 0.717) is 18.7 Å². The molecule has 7 heteroatoms. The predicted octanol–water partition coefficient (Wildman–Crippen LogP) is 0.874. The molecule has 0 aliphatic carbocycles. The summed E-state index contributed by atoms with van der Waals surface area (Å²) in [5.74, 6) is -2.14. The van der Waals surface area contributed by atoms with Gasteiger partial charge in [-0.2, -0.15) is 0 Å². The number of ether oxygens (including phenoxy) is 2. The van der Waals surface area contributed by atoms with Crippen LogP contribution >= 0.6 is 0 Å². The molecule has 1 unspecified atom stereocenters. The molecular formula is C15H16N2O5. The van der Waals surface area contributed by atoms with E-state index in [1.165, 1.54) is 0 Å². The Morgan fingerprint density at radius 3 is 2.59 bits per heavy atom. The normalized spacial score (nSPS) is 16.6. The minimum atomic E-state index is -0.775. The Morgan fingerprint density at radius 2 is 1.95 bits per heavy atom. The SMILES string of the molecule is C=CCNC(C)Cc1ncc(O)c2c1OC(=O)/C=C/C(=O)O2. The molecule has 22 heavy (non-hydrogen) atoms. The molecule has 1 aromatic rings. The summed E-state index contributed by atoms with van der Waals surface area (Å²) in [7, 11) is 0. The molecule has 1 atom stereocenters. The Hall–Kier alpha value is -2.67. The van der Waals surface area contributed by atoms with Crippen molar-refractivity contribution in [1.29, 1.82) is 0 Å². The number of esters is 2. The number of fused-ring (bicyclic) bond motifs is 1. The van der Waals surface area contributed by atoms with Crippen LogP contribution in [0.2, 0.25) is 0 Å². The van der Waals surface area contributed by atoms with E-state index in [2.05, 4.69) is 16.9 Å². The second kappa shape index (κ2) is 6.86. The third kappa shape index (κ3) is 3.70. The van der Waals surface area contributed by atoms with Gasteiger partial charge in [0.05, 0.1) is 11.9 Å². The first-order valence-corrected chi connectivity index (χ1v) is 6.68. The van der Waals surface area contributed by atoms with Crippen molar-refractivity contribution >= 4 is 11.9 Å². The van der Waals surface area contributed by atoms with Gasteiger partial charge in [-0.3, -0.25) is 4.98 Å². The maximum Gasteiger partial charge on any atom is 0.336 e. The lowest BCUT2D eigenvalue weighted by Crippen LogP contribution is -2.29. The molecule has 0 saturated heterocycles. The number of nitrogens with zero attached hydrogens (tertiary/aromatic N) is 1. The number of aromatic hydroxyl groups is 1. The number of nitrogens with one attached hydrogen (secondary N) is 1. The van der Waals surface area contributed by atoms with Gasteiger partial charge in [0, 0.05) is 31.2 Å². The van der Waals surface area contributed by atoms with E-state index < -0.39 is 11.9 Å². The Balaban J connectivity index is 2.35. The lowest BCUT2D eigenvalue weighted by Gasteiger charge is -2.17. The van der Waals surface area contributed by atoms with Crippen LogP contribution < -0.4 is 14.8 Å². The van der Waals surface area contributed by atoms with Crippen LogP contribution in [-0.2, 0) is 16.0 Å². The van der Waals surface area contributed by atoms with Crippen LogP contribution in [-0.4, -0.2) is 34.6 Å². The van der Waals surface area contributed by atoms with Crippen molar-refractivity contribution < 1.29 is 24.2 Å². The largest absolute Gasteiger partial charge is 0.503 e. The van der Waals surface area contributed by atoms with Gasteiger partial charge >= 0.3 is 11.9 Å². The highest BCUT2D eigenvalue weighted by Crippen LogP contribution is 2.39. The molecule has 0 saturated carbocycles. The maximum absolute atomic E-state index is 11.6. The summed E-state index contributed by atoms with van der Waals surface area (Å²) in [6, 6.07) is 0.00882. The number of pyridine rings is 1. The van der Waals surface area contributed by atoms with E-state index in [0.717, 1.165) is 18.3 Å². The summed E-state index contributed by atoms with van der Waals surface area (Å²) in [5, 5.41) is 13.0. The highest BCUT2D eigenvalue weighted by atomic mass is 16.6. The predicted molar refractivity (Wildman–Crippen MR) is 77.7 cm³/mol. The smallest absolute Gasteiger partial charge is 0.336 e. The van der Waals surface area contributed by atoms with Crippen molar-refractivity contribution in [2.75, 3.05) is 6.54 Å². The van der Waals surface area contributed by atoms with Gasteiger partial charge in [0.15, 0.2) is 11.5 Å². The van der Waals surface area contributed by atoms with Gasteiger partial charge < -0.3 is 19.9 Å². The van der Waals surface area contributed by atoms with Crippen LogP contribution in [0, 0.1) is 0 Å². The van der Waals surface area contributed by atoms with E-state index in [-0.39, 0.29) is 23.3 Å². The van der Waals surface area contributed by atoms with Gasteiger partial charge in [-0.25, -0.2) is 9.59 Å². The van der Waals surface area contributed by atoms with E-state index in [9.17, 15) is 14.7 Å². The first kappa shape index (κ1) is 15.7. The molecular weight excluding hydrogens is 288 g/mol. The van der Waals surface area contributed by atoms with Crippen LogP contribution in [0.1, 0.15) is 12.6 Å². The van der Waals surface area contributed by atoms with Gasteiger partial charge in [0.25, 0.3) is 0 Å². The summed E-state index contributed by atoms with van der Waals surface area (Å²) < 4.78 is 10.1. The van der Waals surface area contributed by atoms with Crippen LogP contribution in [0.3, 0.4) is 0 Å². The first-order valence-electron chi connectivity index (χ1n) is 6.68. The first-order chi connectivity index (χ1) is 10.5. The number of carbonyl (C=O) groups excluding carboxylic acids is 2. The van der Waals surface area contributed by atoms with Crippen LogP contribution in [0.4, 0.5) is 0 Å². The molecule has 1 aliphatic heterocycles. The van der Waals surface area contributed by atoms with Crippen molar-refractivity contribution in [2.45, 2.75) is 19.4 Å². The number of hydrogen-bond acceptors (Lipinski definition) is 7. The fraction of sp³-hybridized carbons (Fsp3) is 0.267. The summed E-state index contributed by atoms with van der Waals surface area (Å²) in [5.41, 5.74) is 0.397. The van der Waals surface area contributed by atoms with Crippen LogP contribution in [0.25, 0.3) is 0 Å². The quantitative estimate of drug-likeness (QED) is 0.615. The second-order valence-corrected chi connectivity index (χ2v) is 4.73. The third-order valence-corrected chi connectivity index (χ3v) is 2.91. The summed E-state index contributed by atoms with van der Waals surface area (Å²) in [6.45, 7) is 6.14. The number of aromatic nitrogens is 1. The number of carbonyl (C=O) groups is 2. The van der Waals surface area contributed by atoms with E-state index >= 15 is 0 Å². The second-order valence-electron chi connectivity index (χ2n) is 4.73. The molecule has 1 aliphatic rings. The third-order valence-electron chi connectivity index (χ3n) is 2.91. The highest BCUT2D eigenvalue weighted by molar-refractivity contribution is 5.95. The monoisotopic (exact) mass is 304 g/mol. The van der Waals surface area contributed by atoms with Crippen LogP contribution in [0.15, 0.2) is 31.0 Å². The highest BCUT2D eigenvalue weighted by Gasteiger charge is 2.24. The number of rotatable bonds is 5. The molecule has 0 aromatic carbocycles. The molecule has 1 aromatic heterocycles. The van der Waals surface area contributed by atoms with E-state index in [1.807, 2.05) is 6.92 Å². The molecule has 2 rings (SSSR count). The van der Waals surface area contributed by atoms with Crippen molar-refractivity contribution in [3.05, 3.63) is 36.7 Å². The van der Waals surface area contributed by atoms with Crippen molar-refractivity contribution in [3.63, 3.8) is 0 Å². The fourth-order valence-corrected chi connectivity index (χ4v) is 1.90. The molecule has 116 valence electrons. The Bertz CT molecular complexity index is 639. The van der Waals surface area contributed by atoms with E-state index in [4.69, 9.17) is 9.47 Å². The average molecular weight is 304 g/mol. The molecule has 0 amide bonds. The van der Waals surface area contributed by atoms with Gasteiger partial charge in [-0.1, -0.05) is 6.08 Å². The number of hydrogen-bond donors (Lipinski definition) is 2. The molecule has 7 nitrogen and oxygen atoms in total. The molecule has 0 bridgehead atoms. The van der Waals surface area contributed by atoms with Gasteiger partial charge in [0.1, 0.15) is 0 Å². The molecule has 2 N–H and O–H groups in total. The molecule has 0 radical (unpaired) electrons. The average Bonchev–Trinajstić information content (AvgIpc) is 2.47. The zero-order valence-electron chi connectivity index (χ0n) is 12.0. The van der Waals surface area contributed by atoms with Gasteiger partial charge in [-0.05, 0) is 6.92 Å². The van der Waals surface area contributed by atoms with E-state index in [1.54, 1.807) is 6.08 Å². The Kier molecular flexibility index (Phi) is 4.90. The lowest BCUT2D eigenvalue weighted by atomic mass is 10.1. The van der Waals surface area contributed by atoms with Crippen molar-refractivity contribution in [2.24, 2.45) is 0 Å². The summed E-state index contributed by atoms with van der Waals surface area (Å²) >= 11 is 0. The van der Waals surface area contributed by atoms with Crippen molar-refractivity contribution in [1.82, 2.24) is 10.3 Å². The maximum atomic E-state index is 11.6. The Morgan fingerprint density at radius 1 is 1.32 bits per heavy atom. The Labute approximate surface area is 127 Å². The fourth-order valence-electron chi connectivity index (χ4n) is 1.90. The molecule has 0 fully saturated rings. The minimum absolute atomic E-state index is 0.00882. The summed E-state index contributed by atoms with van der Waals surface area (Å²) in [6.07, 6.45) is 5.17. The zero-order valence-corrected chi connectivity index (χ0v) is 12.0. The summed E-state index contributed by atoms with van der Waals surface area (Å²) in [4.78, 5) is 27.2. The van der Waals surface area contributed by atoms with Gasteiger partial charge in [-0.15, -0.1) is 6.58 Å². The van der Waals surface area contributed by atoms with Crippen LogP contribution in [0.5, 0.6) is 17.2 Å². The van der Waals surface area contributed by atoms with Crippen molar-refractivity contribution in [3.8, 4) is 17.2 Å². The molecule has 0 spiro atoms. The molecule has 2 heterocycles. The standard InChI is InChI=1S/C15H16N2O5/c1-3-6-16-9(2)7-10-14-15(11(18)8-17-10)22-13(20)5-4-12(19)21-14/h3-5,8-9,16,18H,1,6-7H2,2H3/b5-4+. The lowest BCUT2D eigenvalue weighted by molar-refractivity contribution is -0.133. The topological polar surface area (TPSA) is 97.8 Å². The zero-order chi connectivity index (χ0) is 16.1. The minimum Gasteiger partial charge on any atom is -0.503 e.